The fourth-order valence-electron chi connectivity index (χ4n) is 4.99. The minimum atomic E-state index is -0.343. The number of primary amides is 1. The van der Waals surface area contributed by atoms with Crippen LogP contribution in [0, 0.1) is 5.92 Å². The zero-order valence-electron chi connectivity index (χ0n) is 19.8. The highest BCUT2D eigenvalue weighted by Crippen LogP contribution is 2.42. The summed E-state index contributed by atoms with van der Waals surface area (Å²) < 4.78 is 6.80. The summed E-state index contributed by atoms with van der Waals surface area (Å²) in [5.74, 6) is 0.342. The highest BCUT2D eigenvalue weighted by molar-refractivity contribution is 9.10. The number of esters is 1. The first-order chi connectivity index (χ1) is 15.8. The van der Waals surface area contributed by atoms with Gasteiger partial charge >= 0.3 is 5.97 Å². The molecule has 2 aliphatic heterocycles. The van der Waals surface area contributed by atoms with Crippen LogP contribution in [0.2, 0.25) is 0 Å². The van der Waals surface area contributed by atoms with Crippen molar-refractivity contribution in [3.05, 3.63) is 39.6 Å². The van der Waals surface area contributed by atoms with Crippen LogP contribution in [-0.2, 0) is 14.3 Å². The van der Waals surface area contributed by atoms with Gasteiger partial charge in [-0.25, -0.2) is 4.79 Å². The van der Waals surface area contributed by atoms with Crippen molar-refractivity contribution in [3.63, 3.8) is 0 Å². The van der Waals surface area contributed by atoms with E-state index in [1.807, 2.05) is 6.92 Å². The molecule has 1 aromatic rings. The Labute approximate surface area is 205 Å². The molecule has 2 fully saturated rings. The van der Waals surface area contributed by atoms with E-state index in [-0.39, 0.29) is 24.6 Å². The van der Waals surface area contributed by atoms with Gasteiger partial charge in [0.05, 0.1) is 12.3 Å². The molecule has 180 valence electrons. The number of carbonyl (C=O) groups excluding carboxylic acids is 2. The van der Waals surface area contributed by atoms with Crippen LogP contribution in [0.25, 0.3) is 0 Å². The van der Waals surface area contributed by atoms with E-state index in [1.165, 1.54) is 12.0 Å². The fourth-order valence-corrected chi connectivity index (χ4v) is 5.61. The summed E-state index contributed by atoms with van der Waals surface area (Å²) in [6, 6.07) is 6.49. The van der Waals surface area contributed by atoms with E-state index in [4.69, 9.17) is 10.5 Å². The molecule has 33 heavy (non-hydrogen) atoms. The highest BCUT2D eigenvalue weighted by Gasteiger charge is 2.48. The standard InChI is InChI=1S/C25H35BrN4O3/c1-4-20-23(24(32)33-15-17-6-5-7-17)30-13-12-29(25(30)28(20)11-10-22(27)31)21-9-8-18(16(2)3)14-19(21)26/h8-9,14,16-17,25H,4-7,10-13,15H2,1-3H3,(H2,27,31). The van der Waals surface area contributed by atoms with Crippen molar-refractivity contribution in [2.75, 3.05) is 31.1 Å². The first kappa shape index (κ1) is 23.9. The number of halogens is 1. The number of hydrogen-bond donors (Lipinski definition) is 1. The van der Waals surface area contributed by atoms with Crippen molar-refractivity contribution < 1.29 is 14.3 Å². The normalized spacial score (nSPS) is 20.5. The maximum Gasteiger partial charge on any atom is 0.356 e. The molecule has 4 rings (SSSR count). The largest absolute Gasteiger partial charge is 0.461 e. The van der Waals surface area contributed by atoms with Crippen LogP contribution >= 0.6 is 15.9 Å². The number of anilines is 1. The van der Waals surface area contributed by atoms with E-state index >= 15 is 0 Å². The summed E-state index contributed by atoms with van der Waals surface area (Å²) in [4.78, 5) is 31.5. The zero-order valence-corrected chi connectivity index (χ0v) is 21.4. The average molecular weight is 519 g/mol. The predicted molar refractivity (Wildman–Crippen MR) is 132 cm³/mol. The van der Waals surface area contributed by atoms with Crippen LogP contribution in [0.5, 0.6) is 0 Å². The van der Waals surface area contributed by atoms with Crippen LogP contribution < -0.4 is 10.6 Å². The molecule has 7 nitrogen and oxygen atoms in total. The lowest BCUT2D eigenvalue weighted by atomic mass is 9.86. The van der Waals surface area contributed by atoms with Crippen LogP contribution in [0.3, 0.4) is 0 Å². The summed E-state index contributed by atoms with van der Waals surface area (Å²) in [6.07, 6.45) is 4.24. The van der Waals surface area contributed by atoms with E-state index in [1.54, 1.807) is 0 Å². The van der Waals surface area contributed by atoms with Crippen LogP contribution in [0.15, 0.2) is 34.1 Å². The zero-order chi connectivity index (χ0) is 23.7. The molecule has 1 aromatic carbocycles. The number of nitrogens with zero attached hydrogens (tertiary/aromatic N) is 3. The van der Waals surface area contributed by atoms with Gasteiger partial charge < -0.3 is 25.2 Å². The molecular formula is C25H35BrN4O3. The molecule has 0 spiro atoms. The molecule has 1 amide bonds. The summed E-state index contributed by atoms with van der Waals surface area (Å²) in [7, 11) is 0. The van der Waals surface area contributed by atoms with Crippen molar-refractivity contribution >= 4 is 33.5 Å². The van der Waals surface area contributed by atoms with Crippen molar-refractivity contribution in [1.29, 1.82) is 0 Å². The molecule has 1 aliphatic carbocycles. The van der Waals surface area contributed by atoms with E-state index in [2.05, 4.69) is 62.7 Å². The Morgan fingerprint density at radius 2 is 1.94 bits per heavy atom. The SMILES string of the molecule is CCC1=C(C(=O)OCC2CCC2)N2CCN(c3ccc(C(C)C)cc3Br)C2N1CCC(N)=O. The van der Waals surface area contributed by atoms with Gasteiger partial charge in [-0.2, -0.15) is 0 Å². The van der Waals surface area contributed by atoms with E-state index < -0.39 is 0 Å². The molecule has 1 atom stereocenters. The fraction of sp³-hybridized carbons (Fsp3) is 0.600. The van der Waals surface area contributed by atoms with Crippen molar-refractivity contribution in [3.8, 4) is 0 Å². The molecular weight excluding hydrogens is 484 g/mol. The summed E-state index contributed by atoms with van der Waals surface area (Å²) in [6.45, 7) is 8.86. The lowest BCUT2D eigenvalue weighted by molar-refractivity contribution is -0.143. The second-order valence-electron chi connectivity index (χ2n) is 9.55. The number of allylic oxidation sites excluding steroid dienone is 1. The Kier molecular flexibility index (Phi) is 7.22. The lowest BCUT2D eigenvalue weighted by Gasteiger charge is -2.36. The Bertz CT molecular complexity index is 944. The second-order valence-corrected chi connectivity index (χ2v) is 10.4. The maximum atomic E-state index is 13.2. The molecule has 0 bridgehead atoms. The predicted octanol–water partition coefficient (Wildman–Crippen LogP) is 4.13. The molecule has 2 heterocycles. The monoisotopic (exact) mass is 518 g/mol. The number of fused-ring (bicyclic) bond motifs is 1. The molecule has 1 unspecified atom stereocenters. The van der Waals surface area contributed by atoms with Gasteiger partial charge in [0.25, 0.3) is 0 Å². The lowest BCUT2D eigenvalue weighted by Crippen LogP contribution is -2.47. The number of amides is 1. The van der Waals surface area contributed by atoms with E-state index in [9.17, 15) is 9.59 Å². The Hall–Kier alpha value is -2.22. The van der Waals surface area contributed by atoms with Gasteiger partial charge in [-0.15, -0.1) is 0 Å². The summed E-state index contributed by atoms with van der Waals surface area (Å²) in [5.41, 5.74) is 9.42. The van der Waals surface area contributed by atoms with Gasteiger partial charge in [-0.05, 0) is 64.7 Å². The number of hydrogen-bond acceptors (Lipinski definition) is 6. The Morgan fingerprint density at radius 3 is 2.52 bits per heavy atom. The summed E-state index contributed by atoms with van der Waals surface area (Å²) in [5, 5.41) is 0. The Morgan fingerprint density at radius 1 is 1.21 bits per heavy atom. The molecule has 0 aromatic heterocycles. The first-order valence-electron chi connectivity index (χ1n) is 12.1. The number of rotatable bonds is 9. The molecule has 2 N–H and O–H groups in total. The average Bonchev–Trinajstić information content (AvgIpc) is 3.28. The minimum absolute atomic E-state index is 0.174. The van der Waals surface area contributed by atoms with Crippen LogP contribution in [0.4, 0.5) is 5.69 Å². The van der Waals surface area contributed by atoms with E-state index in [0.29, 0.717) is 43.7 Å². The molecule has 8 heteroatoms. The van der Waals surface area contributed by atoms with Crippen molar-refractivity contribution in [1.82, 2.24) is 9.80 Å². The third-order valence-electron chi connectivity index (χ3n) is 7.08. The topological polar surface area (TPSA) is 79.1 Å². The van der Waals surface area contributed by atoms with Crippen LogP contribution in [-0.4, -0.2) is 54.2 Å². The first-order valence-corrected chi connectivity index (χ1v) is 12.9. The quantitative estimate of drug-likeness (QED) is 0.495. The van der Waals surface area contributed by atoms with Crippen molar-refractivity contribution in [2.24, 2.45) is 11.7 Å². The molecule has 1 saturated heterocycles. The number of carbonyl (C=O) groups is 2. The van der Waals surface area contributed by atoms with Gasteiger partial charge in [0, 0.05) is 36.2 Å². The molecule has 3 aliphatic rings. The van der Waals surface area contributed by atoms with Gasteiger partial charge in [0.1, 0.15) is 5.70 Å². The molecule has 0 radical (unpaired) electrons. The molecule has 1 saturated carbocycles. The summed E-state index contributed by atoms with van der Waals surface area (Å²) >= 11 is 3.78. The Balaban J connectivity index is 1.64. The second kappa shape index (κ2) is 9.95. The van der Waals surface area contributed by atoms with E-state index in [0.717, 1.165) is 35.2 Å². The van der Waals surface area contributed by atoms with Gasteiger partial charge in [-0.3, -0.25) is 4.79 Å². The maximum absolute atomic E-state index is 13.2. The highest BCUT2D eigenvalue weighted by atomic mass is 79.9. The van der Waals surface area contributed by atoms with Gasteiger partial charge in [0.15, 0.2) is 6.29 Å². The minimum Gasteiger partial charge on any atom is -0.461 e. The smallest absolute Gasteiger partial charge is 0.356 e. The van der Waals surface area contributed by atoms with Crippen LogP contribution in [0.1, 0.15) is 64.4 Å². The number of ether oxygens (including phenoxy) is 1. The number of nitrogens with two attached hydrogens (primary N) is 1. The number of benzene rings is 1. The van der Waals surface area contributed by atoms with Gasteiger partial charge in [0.2, 0.25) is 5.91 Å². The third kappa shape index (κ3) is 4.72. The third-order valence-corrected chi connectivity index (χ3v) is 7.71. The van der Waals surface area contributed by atoms with Crippen molar-refractivity contribution in [2.45, 2.75) is 65.1 Å². The van der Waals surface area contributed by atoms with Gasteiger partial charge in [-0.1, -0.05) is 33.3 Å².